The first kappa shape index (κ1) is 23.7. The summed E-state index contributed by atoms with van der Waals surface area (Å²) in [5.41, 5.74) is 1.07. The van der Waals surface area contributed by atoms with Crippen LogP contribution in [0.5, 0.6) is 0 Å². The topological polar surface area (TPSA) is 62.3 Å². The molecule has 2 aliphatic heterocycles. The summed E-state index contributed by atoms with van der Waals surface area (Å²) >= 11 is 0. The van der Waals surface area contributed by atoms with Crippen molar-refractivity contribution in [3.8, 4) is 0 Å². The maximum absolute atomic E-state index is 12.5. The number of piperidine rings is 1. The highest BCUT2D eigenvalue weighted by molar-refractivity contribution is 5.77. The van der Waals surface area contributed by atoms with Gasteiger partial charge in [-0.1, -0.05) is 30.3 Å². The van der Waals surface area contributed by atoms with Gasteiger partial charge in [-0.3, -0.25) is 14.5 Å². The second-order valence-corrected chi connectivity index (χ2v) is 8.64. The summed E-state index contributed by atoms with van der Waals surface area (Å²) in [7, 11) is 1.85. The van der Waals surface area contributed by atoms with Crippen LogP contribution in [-0.4, -0.2) is 91.6 Å². The molecule has 1 aromatic carbocycles. The molecule has 0 saturated carbocycles. The van der Waals surface area contributed by atoms with E-state index in [0.29, 0.717) is 25.2 Å². The minimum absolute atomic E-state index is 0.00290. The number of nitrogens with zero attached hydrogens (tertiary/aromatic N) is 3. The number of ether oxygens (including phenoxy) is 2. The third kappa shape index (κ3) is 7.30. The first-order chi connectivity index (χ1) is 15.0. The molecule has 2 heterocycles. The van der Waals surface area contributed by atoms with E-state index in [1.807, 2.05) is 42.3 Å². The van der Waals surface area contributed by atoms with Gasteiger partial charge in [0.05, 0.1) is 6.61 Å². The average molecular weight is 432 g/mol. The van der Waals surface area contributed by atoms with E-state index in [4.69, 9.17) is 9.47 Å². The minimum atomic E-state index is -0.00290. The van der Waals surface area contributed by atoms with Gasteiger partial charge in [0, 0.05) is 65.4 Å². The summed E-state index contributed by atoms with van der Waals surface area (Å²) in [6.07, 6.45) is 4.15. The standard InChI is InChI=1S/C24H37N3O4/c1-20(28)26-12-6-9-23(17-26)27(22-10-15-30-16-11-22)14-13-25(2)24(29)19-31-18-21-7-4-3-5-8-21/h3-5,7-8,22-23H,6,9-19H2,1-2H3. The molecule has 7 heteroatoms. The third-order valence-corrected chi connectivity index (χ3v) is 6.43. The van der Waals surface area contributed by atoms with Crippen molar-refractivity contribution in [2.45, 2.75) is 51.3 Å². The minimum Gasteiger partial charge on any atom is -0.381 e. The molecule has 3 rings (SSSR count). The Morgan fingerprint density at radius 1 is 1.10 bits per heavy atom. The molecule has 7 nitrogen and oxygen atoms in total. The summed E-state index contributed by atoms with van der Waals surface area (Å²) < 4.78 is 11.2. The molecule has 0 radical (unpaired) electrons. The van der Waals surface area contributed by atoms with Crippen LogP contribution in [0, 0.1) is 0 Å². The van der Waals surface area contributed by atoms with Crippen LogP contribution in [0.4, 0.5) is 0 Å². The molecular formula is C24H37N3O4. The summed E-state index contributed by atoms with van der Waals surface area (Å²) in [5.74, 6) is 0.149. The normalized spacial score (nSPS) is 20.1. The average Bonchev–Trinajstić information content (AvgIpc) is 2.80. The highest BCUT2D eigenvalue weighted by Crippen LogP contribution is 2.23. The zero-order valence-corrected chi connectivity index (χ0v) is 19.0. The molecule has 1 atom stereocenters. The van der Waals surface area contributed by atoms with Crippen molar-refractivity contribution in [1.82, 2.24) is 14.7 Å². The molecule has 2 aliphatic rings. The van der Waals surface area contributed by atoms with Crippen LogP contribution >= 0.6 is 0 Å². The van der Waals surface area contributed by atoms with Crippen molar-refractivity contribution in [3.05, 3.63) is 35.9 Å². The first-order valence-electron chi connectivity index (χ1n) is 11.5. The second kappa shape index (κ2) is 12.2. The molecule has 31 heavy (non-hydrogen) atoms. The van der Waals surface area contributed by atoms with Crippen LogP contribution in [0.2, 0.25) is 0 Å². The van der Waals surface area contributed by atoms with E-state index in [9.17, 15) is 9.59 Å². The zero-order chi connectivity index (χ0) is 22.1. The van der Waals surface area contributed by atoms with E-state index >= 15 is 0 Å². The molecular weight excluding hydrogens is 394 g/mol. The van der Waals surface area contributed by atoms with Crippen molar-refractivity contribution in [2.24, 2.45) is 0 Å². The number of likely N-dealkylation sites (N-methyl/N-ethyl adjacent to an activating group) is 1. The molecule has 2 amide bonds. The molecule has 0 spiro atoms. The molecule has 172 valence electrons. The van der Waals surface area contributed by atoms with E-state index in [0.717, 1.165) is 64.1 Å². The second-order valence-electron chi connectivity index (χ2n) is 8.64. The van der Waals surface area contributed by atoms with E-state index < -0.39 is 0 Å². The lowest BCUT2D eigenvalue weighted by molar-refractivity contribution is -0.135. The first-order valence-corrected chi connectivity index (χ1v) is 11.5. The van der Waals surface area contributed by atoms with E-state index in [1.54, 1.807) is 11.8 Å². The maximum atomic E-state index is 12.5. The molecule has 0 aromatic heterocycles. The van der Waals surface area contributed by atoms with Gasteiger partial charge >= 0.3 is 0 Å². The number of amides is 2. The fraction of sp³-hybridized carbons (Fsp3) is 0.667. The lowest BCUT2D eigenvalue weighted by Crippen LogP contribution is -2.55. The zero-order valence-electron chi connectivity index (χ0n) is 19.0. The quantitative estimate of drug-likeness (QED) is 0.600. The maximum Gasteiger partial charge on any atom is 0.248 e. The molecule has 1 unspecified atom stereocenters. The Labute approximate surface area is 186 Å². The van der Waals surface area contributed by atoms with E-state index in [2.05, 4.69) is 4.90 Å². The Morgan fingerprint density at radius 3 is 2.55 bits per heavy atom. The Hall–Kier alpha value is -1.96. The molecule has 0 aliphatic carbocycles. The Balaban J connectivity index is 1.51. The number of carbonyl (C=O) groups excluding carboxylic acids is 2. The number of carbonyl (C=O) groups is 2. The number of hydrogen-bond acceptors (Lipinski definition) is 5. The molecule has 2 saturated heterocycles. The van der Waals surface area contributed by atoms with Gasteiger partial charge in [0.1, 0.15) is 6.61 Å². The lowest BCUT2D eigenvalue weighted by Gasteiger charge is -2.44. The Bertz CT molecular complexity index is 693. The van der Waals surface area contributed by atoms with E-state index in [-0.39, 0.29) is 18.4 Å². The highest BCUT2D eigenvalue weighted by Gasteiger charge is 2.32. The fourth-order valence-corrected chi connectivity index (χ4v) is 4.52. The van der Waals surface area contributed by atoms with Crippen LogP contribution in [0.25, 0.3) is 0 Å². The molecule has 0 bridgehead atoms. The van der Waals surface area contributed by atoms with Gasteiger partial charge in [-0.05, 0) is 31.2 Å². The number of benzene rings is 1. The Morgan fingerprint density at radius 2 is 1.84 bits per heavy atom. The van der Waals surface area contributed by atoms with Crippen molar-refractivity contribution in [1.29, 1.82) is 0 Å². The summed E-state index contributed by atoms with van der Waals surface area (Å²) in [4.78, 5) is 30.7. The van der Waals surface area contributed by atoms with Crippen LogP contribution in [0.1, 0.15) is 38.2 Å². The monoisotopic (exact) mass is 431 g/mol. The molecule has 2 fully saturated rings. The number of likely N-dealkylation sites (tertiary alicyclic amines) is 1. The van der Waals surface area contributed by atoms with Crippen LogP contribution < -0.4 is 0 Å². The van der Waals surface area contributed by atoms with Crippen LogP contribution in [0.15, 0.2) is 30.3 Å². The number of hydrogen-bond donors (Lipinski definition) is 0. The SMILES string of the molecule is CC(=O)N1CCCC(N(CCN(C)C(=O)COCc2ccccc2)C2CCOCC2)C1. The number of rotatable bonds is 9. The van der Waals surface area contributed by atoms with Gasteiger partial charge in [-0.25, -0.2) is 0 Å². The van der Waals surface area contributed by atoms with Gasteiger partial charge in [0.25, 0.3) is 0 Å². The van der Waals surface area contributed by atoms with Crippen molar-refractivity contribution < 1.29 is 19.1 Å². The van der Waals surface area contributed by atoms with Crippen molar-refractivity contribution in [3.63, 3.8) is 0 Å². The van der Waals surface area contributed by atoms with Gasteiger partial charge in [0.15, 0.2) is 0 Å². The fourth-order valence-electron chi connectivity index (χ4n) is 4.52. The van der Waals surface area contributed by atoms with Crippen molar-refractivity contribution >= 4 is 11.8 Å². The Kier molecular flexibility index (Phi) is 9.31. The predicted molar refractivity (Wildman–Crippen MR) is 120 cm³/mol. The van der Waals surface area contributed by atoms with Gasteiger partial charge in [0.2, 0.25) is 11.8 Å². The molecule has 0 N–H and O–H groups in total. The highest BCUT2D eigenvalue weighted by atomic mass is 16.5. The predicted octanol–water partition coefficient (Wildman–Crippen LogP) is 2.15. The summed E-state index contributed by atoms with van der Waals surface area (Å²) in [6.45, 7) is 6.85. The smallest absolute Gasteiger partial charge is 0.248 e. The summed E-state index contributed by atoms with van der Waals surface area (Å²) in [6, 6.07) is 10.7. The third-order valence-electron chi connectivity index (χ3n) is 6.43. The van der Waals surface area contributed by atoms with Gasteiger partial charge in [-0.2, -0.15) is 0 Å². The summed E-state index contributed by atoms with van der Waals surface area (Å²) in [5, 5.41) is 0. The van der Waals surface area contributed by atoms with Crippen LogP contribution in [-0.2, 0) is 25.7 Å². The largest absolute Gasteiger partial charge is 0.381 e. The van der Waals surface area contributed by atoms with Crippen molar-refractivity contribution in [2.75, 3.05) is 53.0 Å². The van der Waals surface area contributed by atoms with E-state index in [1.165, 1.54) is 0 Å². The lowest BCUT2D eigenvalue weighted by atomic mass is 9.98. The van der Waals surface area contributed by atoms with Crippen LogP contribution in [0.3, 0.4) is 0 Å². The van der Waals surface area contributed by atoms with Gasteiger partial charge < -0.3 is 19.3 Å². The molecule has 1 aromatic rings. The van der Waals surface area contributed by atoms with Gasteiger partial charge in [-0.15, -0.1) is 0 Å².